The number of piperazine rings is 1. The first-order chi connectivity index (χ1) is 18.1. The largest absolute Gasteiger partial charge is 0.465 e. The maximum Gasteiger partial charge on any atom is 0.407 e. The topological polar surface area (TPSA) is 93.6 Å². The van der Waals surface area contributed by atoms with Crippen LogP contribution in [0.5, 0.6) is 0 Å². The summed E-state index contributed by atoms with van der Waals surface area (Å²) in [5, 5.41) is 20.3. The molecule has 1 aromatic rings. The van der Waals surface area contributed by atoms with Gasteiger partial charge >= 0.3 is 12.1 Å². The number of esters is 1. The molecule has 1 fully saturated rings. The zero-order valence-corrected chi connectivity index (χ0v) is 23.5. The third-order valence-electron chi connectivity index (χ3n) is 7.95. The average Bonchev–Trinajstić information content (AvgIpc) is 2.86. The standard InChI is InChI=1S/C30H45N3O5/c1-21-12-13-27(34)19-28(35)38-16-7-6-10-25(21)20-32-14-15-33(30(36)37)29(23(32)3)22(2)17-24-9-8-11-26(18-24)31(4)5/h6,8-11,17-18,21,23,25,27,29,34H,7,12-16,19-20H2,1-5H3,(H,36,37)/b10-6?,22-17+/t21-,23-,25?,27+,29-/m0/s1. The Hall–Kier alpha value is -2.84. The highest BCUT2D eigenvalue weighted by molar-refractivity contribution is 5.70. The first kappa shape index (κ1) is 29.7. The van der Waals surface area contributed by atoms with Crippen molar-refractivity contribution in [2.45, 2.75) is 64.6 Å². The summed E-state index contributed by atoms with van der Waals surface area (Å²) in [6, 6.07) is 7.99. The van der Waals surface area contributed by atoms with Crippen LogP contribution in [-0.4, -0.2) is 90.6 Å². The minimum Gasteiger partial charge on any atom is -0.465 e. The summed E-state index contributed by atoms with van der Waals surface area (Å²) in [5.74, 6) is 0.214. The number of aliphatic hydroxyl groups is 1. The van der Waals surface area contributed by atoms with Crippen molar-refractivity contribution in [3.05, 3.63) is 47.6 Å². The van der Waals surface area contributed by atoms with Gasteiger partial charge in [0, 0.05) is 45.5 Å². The van der Waals surface area contributed by atoms with Gasteiger partial charge in [-0.25, -0.2) is 4.79 Å². The van der Waals surface area contributed by atoms with E-state index in [0.717, 1.165) is 29.8 Å². The number of carboxylic acid groups (broad SMARTS) is 1. The maximum atomic E-state index is 12.2. The number of amides is 1. The van der Waals surface area contributed by atoms with E-state index < -0.39 is 12.2 Å². The minimum atomic E-state index is -0.890. The lowest BCUT2D eigenvalue weighted by atomic mass is 9.86. The van der Waals surface area contributed by atoms with Gasteiger partial charge < -0.3 is 19.8 Å². The Morgan fingerprint density at radius 2 is 1.97 bits per heavy atom. The van der Waals surface area contributed by atoms with Crippen molar-refractivity contribution in [2.24, 2.45) is 11.8 Å². The van der Waals surface area contributed by atoms with Crippen molar-refractivity contribution < 1.29 is 24.5 Å². The maximum absolute atomic E-state index is 12.2. The molecule has 2 heterocycles. The van der Waals surface area contributed by atoms with E-state index in [-0.39, 0.29) is 30.4 Å². The van der Waals surface area contributed by atoms with Crippen LogP contribution in [0.4, 0.5) is 10.5 Å². The zero-order valence-electron chi connectivity index (χ0n) is 23.5. The first-order valence-electron chi connectivity index (χ1n) is 13.8. The molecule has 8 heteroatoms. The molecule has 1 amide bonds. The number of cyclic esters (lactones) is 1. The highest BCUT2D eigenvalue weighted by atomic mass is 16.5. The van der Waals surface area contributed by atoms with Crippen LogP contribution in [-0.2, 0) is 9.53 Å². The monoisotopic (exact) mass is 527 g/mol. The highest BCUT2D eigenvalue weighted by Gasteiger charge is 2.38. The molecule has 2 N–H and O–H groups in total. The molecule has 8 nitrogen and oxygen atoms in total. The number of ether oxygens (including phenoxy) is 1. The lowest BCUT2D eigenvalue weighted by Gasteiger charge is -2.47. The third-order valence-corrected chi connectivity index (χ3v) is 7.95. The van der Waals surface area contributed by atoms with E-state index >= 15 is 0 Å². The Labute approximate surface area is 227 Å². The second-order valence-corrected chi connectivity index (χ2v) is 11.0. The minimum absolute atomic E-state index is 0.00154. The Balaban J connectivity index is 1.81. The van der Waals surface area contributed by atoms with E-state index in [1.54, 1.807) is 4.90 Å². The van der Waals surface area contributed by atoms with E-state index in [1.807, 2.05) is 27.1 Å². The van der Waals surface area contributed by atoms with Crippen molar-refractivity contribution in [3.8, 4) is 0 Å². The number of nitrogens with zero attached hydrogens (tertiary/aromatic N) is 3. The van der Waals surface area contributed by atoms with E-state index in [2.05, 4.69) is 60.1 Å². The lowest BCUT2D eigenvalue weighted by molar-refractivity contribution is -0.145. The predicted molar refractivity (Wildman–Crippen MR) is 151 cm³/mol. The Morgan fingerprint density at radius 3 is 2.68 bits per heavy atom. The summed E-state index contributed by atoms with van der Waals surface area (Å²) >= 11 is 0. The second kappa shape index (κ2) is 13.8. The van der Waals surface area contributed by atoms with Crippen molar-refractivity contribution in [3.63, 3.8) is 0 Å². The Kier molecular flexibility index (Phi) is 10.8. The summed E-state index contributed by atoms with van der Waals surface area (Å²) in [7, 11) is 4.02. The summed E-state index contributed by atoms with van der Waals surface area (Å²) in [5.41, 5.74) is 3.18. The van der Waals surface area contributed by atoms with Crippen molar-refractivity contribution >= 4 is 23.8 Å². The fourth-order valence-corrected chi connectivity index (χ4v) is 5.61. The lowest BCUT2D eigenvalue weighted by Crippen LogP contribution is -2.61. The fourth-order valence-electron chi connectivity index (χ4n) is 5.61. The smallest absolute Gasteiger partial charge is 0.407 e. The van der Waals surface area contributed by atoms with Gasteiger partial charge in [0.05, 0.1) is 25.2 Å². The number of carbonyl (C=O) groups excluding carboxylic acids is 1. The average molecular weight is 528 g/mol. The van der Waals surface area contributed by atoms with Crippen LogP contribution in [0.25, 0.3) is 6.08 Å². The van der Waals surface area contributed by atoms with Gasteiger partial charge in [0.1, 0.15) is 0 Å². The zero-order chi connectivity index (χ0) is 27.8. The normalized spacial score (nSPS) is 28.3. The molecule has 1 saturated heterocycles. The molecule has 0 bridgehead atoms. The van der Waals surface area contributed by atoms with Crippen LogP contribution in [0, 0.1) is 11.8 Å². The van der Waals surface area contributed by atoms with Crippen LogP contribution < -0.4 is 4.90 Å². The molecule has 0 radical (unpaired) electrons. The molecule has 1 aromatic carbocycles. The van der Waals surface area contributed by atoms with Gasteiger partial charge in [0.25, 0.3) is 0 Å². The number of benzene rings is 1. The first-order valence-corrected chi connectivity index (χ1v) is 13.8. The third kappa shape index (κ3) is 8.08. The molecule has 0 aromatic heterocycles. The van der Waals surface area contributed by atoms with Crippen molar-refractivity contribution in [1.82, 2.24) is 9.80 Å². The molecule has 0 saturated carbocycles. The van der Waals surface area contributed by atoms with Crippen molar-refractivity contribution in [1.29, 1.82) is 0 Å². The van der Waals surface area contributed by atoms with E-state index in [4.69, 9.17) is 4.74 Å². The van der Waals surface area contributed by atoms with Gasteiger partial charge in [-0.1, -0.05) is 37.3 Å². The molecular weight excluding hydrogens is 482 g/mol. The van der Waals surface area contributed by atoms with Crippen LogP contribution in [0.3, 0.4) is 0 Å². The van der Waals surface area contributed by atoms with E-state index in [1.165, 1.54) is 0 Å². The molecule has 0 aliphatic carbocycles. The molecule has 38 heavy (non-hydrogen) atoms. The number of rotatable bonds is 5. The molecule has 0 spiro atoms. The van der Waals surface area contributed by atoms with Gasteiger partial charge in [0.2, 0.25) is 0 Å². The molecular formula is C30H45N3O5. The van der Waals surface area contributed by atoms with E-state index in [9.17, 15) is 19.8 Å². The summed E-state index contributed by atoms with van der Waals surface area (Å²) in [4.78, 5) is 30.1. The highest BCUT2D eigenvalue weighted by Crippen LogP contribution is 2.29. The predicted octanol–water partition coefficient (Wildman–Crippen LogP) is 4.50. The molecule has 210 valence electrons. The van der Waals surface area contributed by atoms with E-state index in [0.29, 0.717) is 38.5 Å². The number of hydrogen-bond acceptors (Lipinski definition) is 6. The van der Waals surface area contributed by atoms with Crippen molar-refractivity contribution in [2.75, 3.05) is 45.2 Å². The Bertz CT molecular complexity index is 1010. The molecule has 1 unspecified atom stereocenters. The number of aliphatic hydroxyl groups excluding tert-OH is 1. The summed E-state index contributed by atoms with van der Waals surface area (Å²) in [6.07, 6.45) is 6.88. The molecule has 3 rings (SSSR count). The van der Waals surface area contributed by atoms with Gasteiger partial charge in [-0.2, -0.15) is 0 Å². The van der Waals surface area contributed by atoms with Gasteiger partial charge in [0.15, 0.2) is 0 Å². The van der Waals surface area contributed by atoms with Crippen LogP contribution >= 0.6 is 0 Å². The number of anilines is 1. The molecule has 5 atom stereocenters. The Morgan fingerprint density at radius 1 is 1.21 bits per heavy atom. The molecule has 2 aliphatic rings. The fraction of sp³-hybridized carbons (Fsp3) is 0.600. The van der Waals surface area contributed by atoms with Gasteiger partial charge in [-0.3, -0.25) is 14.6 Å². The van der Waals surface area contributed by atoms with Crippen LogP contribution in [0.15, 0.2) is 42.0 Å². The van der Waals surface area contributed by atoms with Crippen LogP contribution in [0.1, 0.15) is 52.0 Å². The number of hydrogen-bond donors (Lipinski definition) is 2. The molecule has 2 aliphatic heterocycles. The second-order valence-electron chi connectivity index (χ2n) is 11.0. The SMILES string of the molecule is C/C(=C\c1cccc(N(C)C)c1)[C@H]1[C@H](C)N(CC2C=CCCOC(=O)C[C@H](O)CC[C@@H]2C)CCN1C(=O)O. The van der Waals surface area contributed by atoms with Gasteiger partial charge in [-0.05, 0) is 68.2 Å². The quantitative estimate of drug-likeness (QED) is 0.430. The van der Waals surface area contributed by atoms with Gasteiger partial charge in [-0.15, -0.1) is 0 Å². The number of carbonyl (C=O) groups is 2. The summed E-state index contributed by atoms with van der Waals surface area (Å²) < 4.78 is 5.23. The van der Waals surface area contributed by atoms with Crippen LogP contribution in [0.2, 0.25) is 0 Å². The summed E-state index contributed by atoms with van der Waals surface area (Å²) in [6.45, 7) is 8.60.